The van der Waals surface area contributed by atoms with Gasteiger partial charge in [-0.15, -0.1) is 0 Å². The molecule has 2 heterocycles. The summed E-state index contributed by atoms with van der Waals surface area (Å²) in [4.78, 5) is 13.3. The lowest BCUT2D eigenvalue weighted by molar-refractivity contribution is -0.114. The molecule has 1 amide bonds. The van der Waals surface area contributed by atoms with Crippen molar-refractivity contribution in [1.29, 1.82) is 0 Å². The maximum atomic E-state index is 13.3. The summed E-state index contributed by atoms with van der Waals surface area (Å²) in [6.07, 6.45) is -0.768. The Morgan fingerprint density at radius 2 is 1.60 bits per heavy atom. The van der Waals surface area contributed by atoms with Gasteiger partial charge >= 0.3 is 0 Å². The fraction of sp³-hybridized carbons (Fsp3) is 0.125. The molecule has 5 nitrogen and oxygen atoms in total. The monoisotopic (exact) mass is 462 g/mol. The Morgan fingerprint density at radius 1 is 0.900 bits per heavy atom. The molecule has 0 bridgehead atoms. The number of carbonyl (C=O) groups is 1. The maximum absolute atomic E-state index is 13.3. The summed E-state index contributed by atoms with van der Waals surface area (Å²) in [7, 11) is 0. The van der Waals surface area contributed by atoms with Gasteiger partial charge in [0.1, 0.15) is 5.75 Å². The predicted octanol–water partition coefficient (Wildman–Crippen LogP) is 4.87. The molecule has 30 heavy (non-hydrogen) atoms. The van der Waals surface area contributed by atoms with E-state index in [0.717, 1.165) is 21.3 Å². The maximum Gasteiger partial charge on any atom is 0.257 e. The lowest BCUT2D eigenvalue weighted by atomic mass is 9.81. The summed E-state index contributed by atoms with van der Waals surface area (Å²) in [5.41, 5.74) is 9.27. The van der Waals surface area contributed by atoms with Crippen LogP contribution >= 0.6 is 15.9 Å². The van der Waals surface area contributed by atoms with Gasteiger partial charge in [0.25, 0.3) is 5.91 Å². The third-order valence-electron chi connectivity index (χ3n) is 5.45. The van der Waals surface area contributed by atoms with Crippen LogP contribution in [0.3, 0.4) is 0 Å². The van der Waals surface area contributed by atoms with Crippen molar-refractivity contribution in [2.45, 2.75) is 18.1 Å². The SMILES string of the molecule is NC1=C(C(=O)Nc2ccccc2)[C@@H](c2ccc(Br)cc2)[C@H]2Oc3ccccc3[C@H]2O1. The molecule has 0 spiro atoms. The van der Waals surface area contributed by atoms with Gasteiger partial charge in [0.2, 0.25) is 0 Å². The fourth-order valence-corrected chi connectivity index (χ4v) is 4.36. The van der Waals surface area contributed by atoms with Crippen LogP contribution in [0.15, 0.2) is 94.8 Å². The van der Waals surface area contributed by atoms with Gasteiger partial charge in [0.15, 0.2) is 18.1 Å². The number of ether oxygens (including phenoxy) is 2. The van der Waals surface area contributed by atoms with Crippen molar-refractivity contribution in [2.24, 2.45) is 5.73 Å². The van der Waals surface area contributed by atoms with Crippen LogP contribution in [0.25, 0.3) is 0 Å². The summed E-state index contributed by atoms with van der Waals surface area (Å²) in [6, 6.07) is 24.9. The van der Waals surface area contributed by atoms with Gasteiger partial charge in [-0.2, -0.15) is 0 Å². The molecule has 3 N–H and O–H groups in total. The first-order valence-corrected chi connectivity index (χ1v) is 10.4. The number of para-hydroxylation sites is 2. The Balaban J connectivity index is 1.58. The molecule has 6 heteroatoms. The summed E-state index contributed by atoms with van der Waals surface area (Å²) in [5.74, 6) is 0.197. The molecule has 0 fully saturated rings. The normalized spacial score (nSPS) is 21.8. The number of carbonyl (C=O) groups excluding carboxylic acids is 1. The number of halogens is 1. The number of anilines is 1. The second kappa shape index (κ2) is 7.54. The van der Waals surface area contributed by atoms with Gasteiger partial charge in [-0.25, -0.2) is 0 Å². The van der Waals surface area contributed by atoms with Crippen molar-refractivity contribution in [2.75, 3.05) is 5.32 Å². The number of rotatable bonds is 3. The topological polar surface area (TPSA) is 73.6 Å². The van der Waals surface area contributed by atoms with E-state index in [2.05, 4.69) is 21.2 Å². The molecule has 3 atom stereocenters. The van der Waals surface area contributed by atoms with E-state index < -0.39 is 6.10 Å². The summed E-state index contributed by atoms with van der Waals surface area (Å²) in [5, 5.41) is 2.93. The molecular formula is C24H19BrN2O3. The van der Waals surface area contributed by atoms with Gasteiger partial charge in [0, 0.05) is 15.7 Å². The molecule has 3 aromatic rings. The van der Waals surface area contributed by atoms with Crippen LogP contribution in [0, 0.1) is 0 Å². The second-order valence-corrected chi connectivity index (χ2v) is 8.20. The van der Waals surface area contributed by atoms with Crippen LogP contribution in [-0.2, 0) is 9.53 Å². The molecule has 0 radical (unpaired) electrons. The number of benzene rings is 3. The van der Waals surface area contributed by atoms with E-state index >= 15 is 0 Å². The minimum atomic E-state index is -0.396. The van der Waals surface area contributed by atoms with E-state index in [-0.39, 0.29) is 23.8 Å². The van der Waals surface area contributed by atoms with Crippen LogP contribution in [-0.4, -0.2) is 12.0 Å². The van der Waals surface area contributed by atoms with E-state index in [1.165, 1.54) is 0 Å². The van der Waals surface area contributed by atoms with Gasteiger partial charge < -0.3 is 20.5 Å². The highest BCUT2D eigenvalue weighted by atomic mass is 79.9. The first-order chi connectivity index (χ1) is 14.6. The van der Waals surface area contributed by atoms with Gasteiger partial charge in [-0.3, -0.25) is 4.79 Å². The van der Waals surface area contributed by atoms with Gasteiger partial charge in [-0.1, -0.05) is 64.5 Å². The van der Waals surface area contributed by atoms with Crippen LogP contribution in [0.5, 0.6) is 5.75 Å². The zero-order valence-corrected chi connectivity index (χ0v) is 17.5. The number of fused-ring (bicyclic) bond motifs is 3. The molecule has 2 aliphatic rings. The largest absolute Gasteiger partial charge is 0.485 e. The molecule has 0 aliphatic carbocycles. The lowest BCUT2D eigenvalue weighted by Crippen LogP contribution is -2.40. The zero-order chi connectivity index (χ0) is 20.7. The third kappa shape index (κ3) is 3.23. The van der Waals surface area contributed by atoms with E-state index in [4.69, 9.17) is 15.2 Å². The van der Waals surface area contributed by atoms with Crippen molar-refractivity contribution in [3.63, 3.8) is 0 Å². The minimum Gasteiger partial charge on any atom is -0.485 e. The Morgan fingerprint density at radius 3 is 2.37 bits per heavy atom. The summed E-state index contributed by atoms with van der Waals surface area (Å²) >= 11 is 3.48. The average molecular weight is 463 g/mol. The number of nitrogens with one attached hydrogen (secondary N) is 1. The average Bonchev–Trinajstić information content (AvgIpc) is 3.12. The minimum absolute atomic E-state index is 0.123. The predicted molar refractivity (Wildman–Crippen MR) is 118 cm³/mol. The van der Waals surface area contributed by atoms with Crippen LogP contribution < -0.4 is 15.8 Å². The first-order valence-electron chi connectivity index (χ1n) is 9.65. The van der Waals surface area contributed by atoms with Gasteiger partial charge in [0.05, 0.1) is 11.5 Å². The Kier molecular flexibility index (Phi) is 4.71. The quantitative estimate of drug-likeness (QED) is 0.581. The number of hydrogen-bond donors (Lipinski definition) is 2. The van der Waals surface area contributed by atoms with E-state index in [1.807, 2.05) is 78.9 Å². The van der Waals surface area contributed by atoms with Crippen LogP contribution in [0.2, 0.25) is 0 Å². The Labute approximate surface area is 182 Å². The summed E-state index contributed by atoms with van der Waals surface area (Å²) < 4.78 is 13.3. The third-order valence-corrected chi connectivity index (χ3v) is 5.98. The fourth-order valence-electron chi connectivity index (χ4n) is 4.10. The van der Waals surface area contributed by atoms with E-state index in [9.17, 15) is 4.79 Å². The van der Waals surface area contributed by atoms with Crippen molar-refractivity contribution in [3.8, 4) is 5.75 Å². The molecule has 0 unspecified atom stereocenters. The van der Waals surface area contributed by atoms with Gasteiger partial charge in [-0.05, 0) is 35.9 Å². The van der Waals surface area contributed by atoms with Crippen LogP contribution in [0.1, 0.15) is 23.1 Å². The molecular weight excluding hydrogens is 444 g/mol. The standard InChI is InChI=1S/C24H19BrN2O3/c25-15-12-10-14(11-13-15)19-20(24(28)27-16-6-2-1-3-7-16)23(26)30-21-17-8-4-5-9-18(17)29-22(19)21/h1-13,19,21-22H,26H2,(H,27,28)/t19-,21-,22-/m1/s1. The van der Waals surface area contributed by atoms with Crippen molar-refractivity contribution in [3.05, 3.63) is 106 Å². The van der Waals surface area contributed by atoms with Crippen molar-refractivity contribution in [1.82, 2.24) is 0 Å². The molecule has 2 aliphatic heterocycles. The first kappa shape index (κ1) is 18.8. The molecule has 5 rings (SSSR count). The molecule has 0 saturated carbocycles. The summed E-state index contributed by atoms with van der Waals surface area (Å²) in [6.45, 7) is 0. The van der Waals surface area contributed by atoms with Crippen molar-refractivity contribution >= 4 is 27.5 Å². The smallest absolute Gasteiger partial charge is 0.257 e. The molecule has 0 aromatic heterocycles. The zero-order valence-electron chi connectivity index (χ0n) is 15.9. The Hall–Kier alpha value is -3.25. The number of amides is 1. The Bertz CT molecular complexity index is 1130. The number of hydrogen-bond acceptors (Lipinski definition) is 4. The van der Waals surface area contributed by atoms with Crippen molar-refractivity contribution < 1.29 is 14.3 Å². The highest BCUT2D eigenvalue weighted by molar-refractivity contribution is 9.10. The van der Waals surface area contributed by atoms with E-state index in [1.54, 1.807) is 0 Å². The molecule has 150 valence electrons. The molecule has 3 aromatic carbocycles. The highest BCUT2D eigenvalue weighted by Gasteiger charge is 2.49. The second-order valence-electron chi connectivity index (χ2n) is 7.29. The number of nitrogens with two attached hydrogens (primary N) is 1. The van der Waals surface area contributed by atoms with E-state index in [0.29, 0.717) is 11.3 Å². The molecule has 0 saturated heterocycles. The highest BCUT2D eigenvalue weighted by Crippen LogP contribution is 2.50. The van der Waals surface area contributed by atoms with Crippen LogP contribution in [0.4, 0.5) is 5.69 Å². The lowest BCUT2D eigenvalue weighted by Gasteiger charge is -2.35.